The normalized spacial score (nSPS) is 42.3. The van der Waals surface area contributed by atoms with E-state index in [1.165, 1.54) is 0 Å². The molecule has 0 aromatic carbocycles. The van der Waals surface area contributed by atoms with Crippen LogP contribution in [0.5, 0.6) is 0 Å². The Morgan fingerprint density at radius 2 is 2.25 bits per heavy atom. The summed E-state index contributed by atoms with van der Waals surface area (Å²) >= 11 is -1.11. The number of aliphatic carboxylic acids is 1. The van der Waals surface area contributed by atoms with Crippen molar-refractivity contribution in [3.63, 3.8) is 0 Å². The monoisotopic (exact) mass is 189 g/mol. The van der Waals surface area contributed by atoms with Crippen molar-refractivity contribution in [1.82, 2.24) is 4.31 Å². The number of hydrogen-bond acceptors (Lipinski definition) is 3. The van der Waals surface area contributed by atoms with Gasteiger partial charge in [-0.2, -0.15) is 0 Å². The molecule has 5 heteroatoms. The molecular formula is C7H11NO3S. The van der Waals surface area contributed by atoms with E-state index in [-0.39, 0.29) is 6.04 Å². The molecule has 2 fully saturated rings. The molecule has 1 aliphatic carbocycles. The minimum Gasteiger partial charge on any atom is -0.598 e. The maximum Gasteiger partial charge on any atom is 0.327 e. The van der Waals surface area contributed by atoms with Gasteiger partial charge in [0.2, 0.25) is 0 Å². The van der Waals surface area contributed by atoms with Gasteiger partial charge in [-0.3, -0.25) is 4.79 Å². The van der Waals surface area contributed by atoms with Crippen LogP contribution in [0.25, 0.3) is 0 Å². The number of rotatable bonds is 3. The average molecular weight is 189 g/mol. The zero-order chi connectivity index (χ0) is 8.88. The van der Waals surface area contributed by atoms with Crippen LogP contribution in [0.15, 0.2) is 0 Å². The van der Waals surface area contributed by atoms with Crippen molar-refractivity contribution in [2.45, 2.75) is 24.9 Å². The van der Waals surface area contributed by atoms with E-state index in [1.54, 1.807) is 10.6 Å². The summed E-state index contributed by atoms with van der Waals surface area (Å²) in [4.78, 5) is 10.6. The van der Waals surface area contributed by atoms with Gasteiger partial charge in [-0.15, -0.1) is 4.31 Å². The summed E-state index contributed by atoms with van der Waals surface area (Å²) in [6.07, 6.45) is 3.74. The molecule has 2 rings (SSSR count). The Labute approximate surface area is 73.9 Å². The lowest BCUT2D eigenvalue weighted by molar-refractivity contribution is -0.137. The smallest absolute Gasteiger partial charge is 0.327 e. The fraction of sp³-hybridized carbons (Fsp3) is 0.857. The fourth-order valence-electron chi connectivity index (χ4n) is 1.72. The zero-order valence-corrected chi connectivity index (χ0v) is 7.58. The van der Waals surface area contributed by atoms with Crippen molar-refractivity contribution in [2.24, 2.45) is 5.92 Å². The van der Waals surface area contributed by atoms with Crippen molar-refractivity contribution in [1.29, 1.82) is 0 Å². The van der Waals surface area contributed by atoms with Crippen LogP contribution in [0.2, 0.25) is 0 Å². The lowest BCUT2D eigenvalue weighted by Crippen LogP contribution is -2.17. The summed E-state index contributed by atoms with van der Waals surface area (Å²) in [5, 5.41) is 8.74. The lowest BCUT2D eigenvalue weighted by atomic mass is 10.2. The Kier molecular flexibility index (Phi) is 1.82. The van der Waals surface area contributed by atoms with Crippen LogP contribution < -0.4 is 0 Å². The Morgan fingerprint density at radius 1 is 1.67 bits per heavy atom. The molecule has 68 valence electrons. The summed E-state index contributed by atoms with van der Waals surface area (Å²) in [6.45, 7) is 0. The molecule has 1 aliphatic heterocycles. The standard InChI is InChI=1S/C7H11NO3S/c1-12(11)8-5(4-2-3-4)6(8)7(9)10/h4-6H,2-3H2,1H3,(H,9,10)/t5-,6-,8?,12?/m1/s1. The second-order valence-corrected chi connectivity index (χ2v) is 4.66. The molecule has 0 radical (unpaired) electrons. The molecule has 0 spiro atoms. The predicted molar refractivity (Wildman–Crippen MR) is 43.8 cm³/mol. The molecule has 2 unspecified atom stereocenters. The van der Waals surface area contributed by atoms with Gasteiger partial charge in [-0.1, -0.05) is 0 Å². The Balaban J connectivity index is 2.00. The highest BCUT2D eigenvalue weighted by molar-refractivity contribution is 7.88. The minimum absolute atomic E-state index is 0.0633. The summed E-state index contributed by atoms with van der Waals surface area (Å²) < 4.78 is 12.6. The maximum atomic E-state index is 11.0. The van der Waals surface area contributed by atoms with E-state index in [9.17, 15) is 9.35 Å². The predicted octanol–water partition coefficient (Wildman–Crippen LogP) is -0.173. The van der Waals surface area contributed by atoms with Crippen molar-refractivity contribution < 1.29 is 14.5 Å². The average Bonchev–Trinajstić information content (AvgIpc) is 2.81. The van der Waals surface area contributed by atoms with E-state index in [2.05, 4.69) is 0 Å². The first-order chi connectivity index (χ1) is 5.63. The molecule has 1 saturated carbocycles. The zero-order valence-electron chi connectivity index (χ0n) is 6.77. The van der Waals surface area contributed by atoms with Crippen LogP contribution in [0.4, 0.5) is 0 Å². The van der Waals surface area contributed by atoms with E-state index in [4.69, 9.17) is 5.11 Å². The summed E-state index contributed by atoms with van der Waals surface area (Å²) in [5.41, 5.74) is 0. The molecule has 0 amide bonds. The molecule has 4 atom stereocenters. The number of hydrogen-bond donors (Lipinski definition) is 1. The number of nitrogens with zero attached hydrogens (tertiary/aromatic N) is 1. The van der Waals surface area contributed by atoms with E-state index in [1.807, 2.05) is 0 Å². The summed E-state index contributed by atoms with van der Waals surface area (Å²) in [6, 6.07) is -0.406. The highest BCUT2D eigenvalue weighted by Gasteiger charge is 2.65. The second kappa shape index (κ2) is 2.61. The lowest BCUT2D eigenvalue weighted by Gasteiger charge is -2.03. The van der Waals surface area contributed by atoms with Crippen molar-refractivity contribution in [2.75, 3.05) is 6.26 Å². The minimum atomic E-state index is -1.11. The third-order valence-electron chi connectivity index (χ3n) is 2.46. The SMILES string of the molecule is C[S+]([O-])N1[C@H](C2CC2)[C@@H]1C(=O)O. The molecule has 12 heavy (non-hydrogen) atoms. The third kappa shape index (κ3) is 1.22. The van der Waals surface area contributed by atoms with Gasteiger partial charge in [0, 0.05) is 11.4 Å². The van der Waals surface area contributed by atoms with Crippen molar-refractivity contribution in [3.8, 4) is 0 Å². The van der Waals surface area contributed by atoms with Crippen molar-refractivity contribution >= 4 is 17.3 Å². The van der Waals surface area contributed by atoms with E-state index < -0.39 is 23.4 Å². The van der Waals surface area contributed by atoms with E-state index in [0.29, 0.717) is 5.92 Å². The van der Waals surface area contributed by atoms with E-state index >= 15 is 0 Å². The van der Waals surface area contributed by atoms with Gasteiger partial charge < -0.3 is 9.66 Å². The van der Waals surface area contributed by atoms with E-state index in [0.717, 1.165) is 12.8 Å². The van der Waals surface area contributed by atoms with Gasteiger partial charge in [-0.05, 0) is 18.8 Å². The van der Waals surface area contributed by atoms with Gasteiger partial charge in [0.1, 0.15) is 6.26 Å². The molecule has 0 bridgehead atoms. The molecule has 1 N–H and O–H groups in total. The topological polar surface area (TPSA) is 63.4 Å². The van der Waals surface area contributed by atoms with Crippen LogP contribution in [0, 0.1) is 5.92 Å². The Hall–Kier alpha value is -0.260. The Bertz CT molecular complexity index is 209. The van der Waals surface area contributed by atoms with Crippen LogP contribution in [-0.4, -0.2) is 38.3 Å². The largest absolute Gasteiger partial charge is 0.598 e. The second-order valence-electron chi connectivity index (χ2n) is 3.39. The van der Waals surface area contributed by atoms with Crippen LogP contribution in [0.3, 0.4) is 0 Å². The first kappa shape index (κ1) is 8.34. The maximum absolute atomic E-state index is 11.0. The van der Waals surface area contributed by atoms with Gasteiger partial charge in [0.15, 0.2) is 6.04 Å². The van der Waals surface area contributed by atoms with Gasteiger partial charge >= 0.3 is 5.97 Å². The van der Waals surface area contributed by atoms with Gasteiger partial charge in [-0.25, -0.2) is 0 Å². The first-order valence-corrected chi connectivity index (χ1v) is 5.49. The van der Waals surface area contributed by atoms with Gasteiger partial charge in [0.25, 0.3) is 0 Å². The molecule has 0 aromatic rings. The fourth-order valence-corrected chi connectivity index (χ4v) is 2.83. The Morgan fingerprint density at radius 3 is 2.50 bits per heavy atom. The molecule has 2 aliphatic rings. The number of carboxylic acids is 1. The molecule has 4 nitrogen and oxygen atoms in total. The summed E-state index contributed by atoms with van der Waals surface area (Å²) in [5.74, 6) is -0.336. The quantitative estimate of drug-likeness (QED) is 0.494. The summed E-state index contributed by atoms with van der Waals surface area (Å²) in [7, 11) is 0. The third-order valence-corrected chi connectivity index (χ3v) is 3.52. The van der Waals surface area contributed by atoms with Crippen molar-refractivity contribution in [3.05, 3.63) is 0 Å². The molecule has 1 saturated heterocycles. The molecule has 1 heterocycles. The van der Waals surface area contributed by atoms with Crippen LogP contribution >= 0.6 is 0 Å². The highest BCUT2D eigenvalue weighted by atomic mass is 32.2. The van der Waals surface area contributed by atoms with Gasteiger partial charge in [0.05, 0.1) is 6.04 Å². The molecular weight excluding hydrogens is 178 g/mol. The molecule has 0 aromatic heterocycles. The highest BCUT2D eigenvalue weighted by Crippen LogP contribution is 2.48. The first-order valence-electron chi connectivity index (χ1n) is 3.97. The number of carbonyl (C=O) groups is 1. The van der Waals surface area contributed by atoms with Crippen LogP contribution in [-0.2, 0) is 16.2 Å². The number of carboxylic acid groups (broad SMARTS) is 1. The van der Waals surface area contributed by atoms with Crippen LogP contribution in [0.1, 0.15) is 12.8 Å².